The van der Waals surface area contributed by atoms with Gasteiger partial charge in [-0.1, -0.05) is 40.2 Å². The maximum atomic E-state index is 13.2. The number of nitrogens with one attached hydrogen (secondary N) is 1. The molecule has 144 valence electrons. The van der Waals surface area contributed by atoms with Gasteiger partial charge in [-0.05, 0) is 48.9 Å². The standard InChI is InChI=1S/C19H35N3O2S/c1-16(2)14-22(15-19(3,4)11-6-7-12-20)25(23,24)18-10-8-9-17(13-18)21-5/h8-10,13,16,21H,6-7,11-12,14-15,20H2,1-5H3. The van der Waals surface area contributed by atoms with E-state index in [1.807, 2.05) is 19.9 Å². The fourth-order valence-corrected chi connectivity index (χ4v) is 4.76. The molecule has 0 spiro atoms. The molecule has 1 rings (SSSR count). The highest BCUT2D eigenvalue weighted by atomic mass is 32.2. The third-order valence-electron chi connectivity index (χ3n) is 4.24. The number of hydrogen-bond donors (Lipinski definition) is 2. The first-order valence-electron chi connectivity index (χ1n) is 9.10. The maximum absolute atomic E-state index is 13.2. The van der Waals surface area contributed by atoms with E-state index in [0.29, 0.717) is 24.5 Å². The highest BCUT2D eigenvalue weighted by Crippen LogP contribution is 2.29. The van der Waals surface area contributed by atoms with E-state index < -0.39 is 10.0 Å². The van der Waals surface area contributed by atoms with E-state index >= 15 is 0 Å². The Hall–Kier alpha value is -1.11. The molecule has 0 aliphatic rings. The fourth-order valence-electron chi connectivity index (χ4n) is 2.92. The minimum atomic E-state index is -3.52. The monoisotopic (exact) mass is 369 g/mol. The van der Waals surface area contributed by atoms with Crippen LogP contribution in [0.5, 0.6) is 0 Å². The molecule has 0 amide bonds. The summed E-state index contributed by atoms with van der Waals surface area (Å²) in [6, 6.07) is 7.01. The van der Waals surface area contributed by atoms with E-state index in [9.17, 15) is 8.42 Å². The Balaban J connectivity index is 3.07. The Morgan fingerprint density at radius 3 is 2.48 bits per heavy atom. The van der Waals surface area contributed by atoms with Crippen LogP contribution in [0.3, 0.4) is 0 Å². The van der Waals surface area contributed by atoms with Gasteiger partial charge in [-0.3, -0.25) is 0 Å². The molecule has 0 aliphatic carbocycles. The van der Waals surface area contributed by atoms with Crippen LogP contribution in [0.25, 0.3) is 0 Å². The molecule has 3 N–H and O–H groups in total. The molecule has 5 nitrogen and oxygen atoms in total. The second-order valence-corrected chi connectivity index (χ2v) is 9.82. The molecule has 25 heavy (non-hydrogen) atoms. The van der Waals surface area contributed by atoms with Crippen molar-refractivity contribution in [1.29, 1.82) is 0 Å². The first kappa shape index (κ1) is 21.9. The molecule has 0 aromatic heterocycles. The topological polar surface area (TPSA) is 75.4 Å². The van der Waals surface area contributed by atoms with Crippen molar-refractivity contribution < 1.29 is 8.42 Å². The molecule has 1 aromatic carbocycles. The average molecular weight is 370 g/mol. The van der Waals surface area contributed by atoms with Crippen LogP contribution in [0.4, 0.5) is 5.69 Å². The first-order chi connectivity index (χ1) is 11.6. The van der Waals surface area contributed by atoms with Gasteiger partial charge in [0, 0.05) is 25.8 Å². The van der Waals surface area contributed by atoms with E-state index in [-0.39, 0.29) is 11.3 Å². The molecule has 0 fully saturated rings. The van der Waals surface area contributed by atoms with Crippen LogP contribution >= 0.6 is 0 Å². The molecule has 0 radical (unpaired) electrons. The largest absolute Gasteiger partial charge is 0.388 e. The Morgan fingerprint density at radius 2 is 1.92 bits per heavy atom. The number of nitrogens with two attached hydrogens (primary N) is 1. The zero-order chi connectivity index (χ0) is 19.1. The third-order valence-corrected chi connectivity index (χ3v) is 6.05. The Bertz CT molecular complexity index is 627. The van der Waals surface area contributed by atoms with Crippen molar-refractivity contribution >= 4 is 15.7 Å². The minimum absolute atomic E-state index is 0.0856. The summed E-state index contributed by atoms with van der Waals surface area (Å²) in [5.41, 5.74) is 6.30. The van der Waals surface area contributed by atoms with Crippen LogP contribution in [-0.4, -0.2) is 39.4 Å². The number of nitrogens with zero attached hydrogens (tertiary/aromatic N) is 1. The van der Waals surface area contributed by atoms with Gasteiger partial charge >= 0.3 is 0 Å². The maximum Gasteiger partial charge on any atom is 0.243 e. The summed E-state index contributed by atoms with van der Waals surface area (Å²) in [6.07, 6.45) is 2.96. The molecular formula is C19H35N3O2S. The number of unbranched alkanes of at least 4 members (excludes halogenated alkanes) is 1. The van der Waals surface area contributed by atoms with Crippen molar-refractivity contribution in [2.75, 3.05) is 32.0 Å². The van der Waals surface area contributed by atoms with Gasteiger partial charge in [0.05, 0.1) is 4.90 Å². The number of benzene rings is 1. The molecule has 0 aliphatic heterocycles. The summed E-state index contributed by atoms with van der Waals surface area (Å²) >= 11 is 0. The van der Waals surface area contributed by atoms with Gasteiger partial charge in [0.2, 0.25) is 10.0 Å². The second kappa shape index (κ2) is 9.55. The van der Waals surface area contributed by atoms with Crippen LogP contribution in [-0.2, 0) is 10.0 Å². The van der Waals surface area contributed by atoms with Gasteiger partial charge in [0.1, 0.15) is 0 Å². The molecule has 6 heteroatoms. The van der Waals surface area contributed by atoms with E-state index in [1.165, 1.54) is 0 Å². The highest BCUT2D eigenvalue weighted by Gasteiger charge is 2.31. The summed E-state index contributed by atoms with van der Waals surface area (Å²) in [4.78, 5) is 0.345. The molecule has 0 bridgehead atoms. The van der Waals surface area contributed by atoms with Crippen molar-refractivity contribution in [3.8, 4) is 0 Å². The van der Waals surface area contributed by atoms with Gasteiger partial charge in [-0.2, -0.15) is 4.31 Å². The summed E-state index contributed by atoms with van der Waals surface area (Å²) in [5, 5.41) is 3.01. The van der Waals surface area contributed by atoms with Crippen molar-refractivity contribution in [2.45, 2.75) is 51.9 Å². The lowest BCUT2D eigenvalue weighted by molar-refractivity contribution is 0.225. The predicted molar refractivity (Wildman–Crippen MR) is 106 cm³/mol. The van der Waals surface area contributed by atoms with Crippen molar-refractivity contribution in [3.05, 3.63) is 24.3 Å². The summed E-state index contributed by atoms with van der Waals surface area (Å²) in [7, 11) is -1.73. The first-order valence-corrected chi connectivity index (χ1v) is 10.5. The Kier molecular flexibility index (Phi) is 8.38. The highest BCUT2D eigenvalue weighted by molar-refractivity contribution is 7.89. The lowest BCUT2D eigenvalue weighted by atomic mass is 9.87. The quantitative estimate of drug-likeness (QED) is 0.585. The molecule has 0 atom stereocenters. The van der Waals surface area contributed by atoms with Gasteiger partial charge in [-0.15, -0.1) is 0 Å². The van der Waals surface area contributed by atoms with Gasteiger partial charge in [0.25, 0.3) is 0 Å². The summed E-state index contributed by atoms with van der Waals surface area (Å²) < 4.78 is 28.1. The average Bonchev–Trinajstić information content (AvgIpc) is 2.53. The molecule has 0 unspecified atom stereocenters. The minimum Gasteiger partial charge on any atom is -0.388 e. The van der Waals surface area contributed by atoms with Crippen LogP contribution in [0.15, 0.2) is 29.2 Å². The number of sulfonamides is 1. The van der Waals surface area contributed by atoms with E-state index in [1.54, 1.807) is 29.6 Å². The smallest absolute Gasteiger partial charge is 0.243 e. The van der Waals surface area contributed by atoms with Crippen molar-refractivity contribution in [1.82, 2.24) is 4.31 Å². The van der Waals surface area contributed by atoms with Gasteiger partial charge in [0.15, 0.2) is 0 Å². The molecule has 0 heterocycles. The number of rotatable bonds is 11. The summed E-state index contributed by atoms with van der Waals surface area (Å²) in [5.74, 6) is 0.266. The zero-order valence-electron chi connectivity index (χ0n) is 16.4. The molecule has 1 aromatic rings. The van der Waals surface area contributed by atoms with E-state index in [4.69, 9.17) is 5.73 Å². The Labute approximate surface area is 154 Å². The van der Waals surface area contributed by atoms with Crippen LogP contribution in [0, 0.1) is 11.3 Å². The van der Waals surface area contributed by atoms with E-state index in [0.717, 1.165) is 24.9 Å². The molecular weight excluding hydrogens is 334 g/mol. The zero-order valence-corrected chi connectivity index (χ0v) is 17.2. The number of anilines is 1. The van der Waals surface area contributed by atoms with Crippen LogP contribution < -0.4 is 11.1 Å². The summed E-state index contributed by atoms with van der Waals surface area (Å²) in [6.45, 7) is 10.1. The van der Waals surface area contributed by atoms with Gasteiger partial charge in [-0.25, -0.2) is 8.42 Å². The van der Waals surface area contributed by atoms with Crippen LogP contribution in [0.1, 0.15) is 47.0 Å². The second-order valence-electron chi connectivity index (χ2n) is 7.88. The molecule has 0 saturated heterocycles. The third kappa shape index (κ3) is 6.96. The Morgan fingerprint density at radius 1 is 1.24 bits per heavy atom. The van der Waals surface area contributed by atoms with Crippen molar-refractivity contribution in [3.63, 3.8) is 0 Å². The van der Waals surface area contributed by atoms with E-state index in [2.05, 4.69) is 19.2 Å². The lowest BCUT2D eigenvalue weighted by Gasteiger charge is -2.33. The number of hydrogen-bond acceptors (Lipinski definition) is 4. The normalized spacial score (nSPS) is 12.8. The lowest BCUT2D eigenvalue weighted by Crippen LogP contribution is -2.41. The SMILES string of the molecule is CNc1cccc(S(=O)(=O)N(CC(C)C)CC(C)(C)CCCCN)c1. The van der Waals surface area contributed by atoms with Crippen molar-refractivity contribution in [2.24, 2.45) is 17.1 Å². The fraction of sp³-hybridized carbons (Fsp3) is 0.684. The molecule has 0 saturated carbocycles. The predicted octanol–water partition coefficient (Wildman–Crippen LogP) is 3.53. The van der Waals surface area contributed by atoms with Crippen LogP contribution in [0.2, 0.25) is 0 Å². The van der Waals surface area contributed by atoms with Gasteiger partial charge < -0.3 is 11.1 Å².